The number of carbonyl (C=O) groups is 1. The first-order chi connectivity index (χ1) is 18.3. The van der Waals surface area contributed by atoms with Crippen molar-refractivity contribution >= 4 is 44.0 Å². The molecule has 2 aromatic carbocycles. The van der Waals surface area contributed by atoms with Crippen molar-refractivity contribution in [2.24, 2.45) is 11.8 Å². The molecule has 0 saturated carbocycles. The number of rotatable bonds is 7. The van der Waals surface area contributed by atoms with E-state index in [1.54, 1.807) is 0 Å². The molecule has 0 saturated heterocycles. The van der Waals surface area contributed by atoms with Crippen LogP contribution in [0.5, 0.6) is 0 Å². The molecule has 5 nitrogen and oxygen atoms in total. The molecule has 3 heterocycles. The second-order valence-electron chi connectivity index (χ2n) is 9.96. The molecule has 0 fully saturated rings. The van der Waals surface area contributed by atoms with Crippen LogP contribution in [0.2, 0.25) is 0 Å². The second-order valence-corrected chi connectivity index (χ2v) is 9.96. The Bertz CT molecular complexity index is 1630. The van der Waals surface area contributed by atoms with E-state index in [1.165, 1.54) is 17.2 Å². The van der Waals surface area contributed by atoms with Gasteiger partial charge >= 0.3 is 0 Å². The van der Waals surface area contributed by atoms with Crippen LogP contribution < -0.4 is 0 Å². The van der Waals surface area contributed by atoms with Gasteiger partial charge in [-0.25, -0.2) is 4.98 Å². The minimum absolute atomic E-state index is 0. The first kappa shape index (κ1) is 30.5. The Morgan fingerprint density at radius 2 is 1.67 bits per heavy atom. The Balaban J connectivity index is 0.000000233. The Kier molecular flexibility index (Phi) is 10.4. The predicted molar refractivity (Wildman–Crippen MR) is 158 cm³/mol. The van der Waals surface area contributed by atoms with Gasteiger partial charge in [-0.3, -0.25) is 9.78 Å². The van der Waals surface area contributed by atoms with Crippen LogP contribution in [0, 0.1) is 31.7 Å². The number of imidazole rings is 1. The zero-order valence-electron chi connectivity index (χ0n) is 23.7. The van der Waals surface area contributed by atoms with Crippen molar-refractivity contribution < 1.29 is 30.0 Å². The normalized spacial score (nSPS) is 11.8. The summed E-state index contributed by atoms with van der Waals surface area (Å²) in [5.41, 5.74) is 5.27. The molecular weight excluding hydrogens is 663 g/mol. The van der Waals surface area contributed by atoms with E-state index in [4.69, 9.17) is 4.98 Å². The number of aryl methyl sites for hydroxylation is 2. The minimum Gasteiger partial charge on any atom is -0.512 e. The van der Waals surface area contributed by atoms with Gasteiger partial charge in [0.25, 0.3) is 0 Å². The molecule has 6 heteroatoms. The van der Waals surface area contributed by atoms with Crippen LogP contribution in [0.4, 0.5) is 0 Å². The van der Waals surface area contributed by atoms with Gasteiger partial charge in [-0.05, 0) is 51.1 Å². The van der Waals surface area contributed by atoms with Gasteiger partial charge < -0.3 is 9.51 Å². The number of aliphatic hydroxyl groups is 1. The van der Waals surface area contributed by atoms with Crippen LogP contribution >= 0.6 is 0 Å². The topological polar surface area (TPSA) is 67.5 Å². The molecule has 39 heavy (non-hydrogen) atoms. The third-order valence-corrected chi connectivity index (χ3v) is 7.72. The molecule has 0 atom stereocenters. The van der Waals surface area contributed by atoms with E-state index in [1.807, 2.05) is 46.0 Å². The molecule has 0 aliphatic heterocycles. The molecule has 1 radical (unpaired) electrons. The van der Waals surface area contributed by atoms with Gasteiger partial charge in [0, 0.05) is 60.8 Å². The predicted octanol–water partition coefficient (Wildman–Crippen LogP) is 8.47. The zero-order valence-corrected chi connectivity index (χ0v) is 26.1. The first-order valence-corrected chi connectivity index (χ1v) is 13.8. The van der Waals surface area contributed by atoms with Gasteiger partial charge in [-0.15, -0.1) is 17.5 Å². The van der Waals surface area contributed by atoms with Gasteiger partial charge in [0.2, 0.25) is 0 Å². The van der Waals surface area contributed by atoms with Gasteiger partial charge in [0.15, 0.2) is 5.78 Å². The van der Waals surface area contributed by atoms with E-state index in [0.717, 1.165) is 64.2 Å². The summed E-state index contributed by atoms with van der Waals surface area (Å²) in [7, 11) is 0. The molecule has 0 unspecified atom stereocenters. The van der Waals surface area contributed by atoms with Crippen molar-refractivity contribution in [3.8, 4) is 0 Å². The number of aliphatic hydroxyl groups excluding tert-OH is 1. The monoisotopic (exact) mass is 701 g/mol. The van der Waals surface area contributed by atoms with Crippen LogP contribution in [0.25, 0.3) is 38.2 Å². The van der Waals surface area contributed by atoms with Gasteiger partial charge in [-0.2, -0.15) is 0 Å². The summed E-state index contributed by atoms with van der Waals surface area (Å²) in [6.07, 6.45) is 6.74. The third-order valence-electron chi connectivity index (χ3n) is 7.72. The molecule has 0 aliphatic carbocycles. The number of allylic oxidation sites excluding steroid dienone is 2. The van der Waals surface area contributed by atoms with E-state index in [2.05, 4.69) is 59.6 Å². The van der Waals surface area contributed by atoms with Crippen molar-refractivity contribution in [1.29, 1.82) is 0 Å². The van der Waals surface area contributed by atoms with Gasteiger partial charge in [0.1, 0.15) is 5.65 Å². The van der Waals surface area contributed by atoms with Crippen LogP contribution in [0.15, 0.2) is 60.5 Å². The molecule has 3 aromatic heterocycles. The fourth-order valence-electron chi connectivity index (χ4n) is 5.16. The van der Waals surface area contributed by atoms with Crippen LogP contribution in [0.1, 0.15) is 64.8 Å². The maximum atomic E-state index is 11.7. The van der Waals surface area contributed by atoms with Crippen molar-refractivity contribution in [2.75, 3.05) is 0 Å². The average molecular weight is 701 g/mol. The Hall–Kier alpha value is -3.08. The first-order valence-electron chi connectivity index (χ1n) is 13.8. The molecule has 207 valence electrons. The van der Waals surface area contributed by atoms with E-state index in [9.17, 15) is 9.90 Å². The summed E-state index contributed by atoms with van der Waals surface area (Å²) in [6.45, 7) is 12.2. The number of hydrogen-bond donors (Lipinski definition) is 1. The molecule has 0 bridgehead atoms. The largest absolute Gasteiger partial charge is 0.512 e. The molecule has 0 aliphatic rings. The number of hydrogen-bond acceptors (Lipinski definition) is 4. The third kappa shape index (κ3) is 6.08. The van der Waals surface area contributed by atoms with Crippen LogP contribution in [-0.2, 0) is 24.9 Å². The summed E-state index contributed by atoms with van der Waals surface area (Å²) < 4.78 is 2.23. The Labute approximate surface area is 244 Å². The quantitative estimate of drug-likeness (QED) is 0.0609. The second kappa shape index (κ2) is 13.3. The number of benzene rings is 2. The number of carbonyl (C=O) groups excluding carboxylic acids is 1. The maximum Gasteiger partial charge on any atom is 0.162 e. The smallest absolute Gasteiger partial charge is 0.162 e. The van der Waals surface area contributed by atoms with Crippen LogP contribution in [-0.4, -0.2) is 25.3 Å². The van der Waals surface area contributed by atoms with E-state index in [0.29, 0.717) is 0 Å². The van der Waals surface area contributed by atoms with Crippen LogP contribution in [0.3, 0.4) is 0 Å². The number of ketones is 1. The molecule has 0 amide bonds. The number of fused-ring (bicyclic) bond motifs is 7. The molecule has 5 aromatic rings. The van der Waals surface area contributed by atoms with E-state index >= 15 is 0 Å². The molecule has 5 rings (SSSR count). The van der Waals surface area contributed by atoms with E-state index < -0.39 is 0 Å². The SMILES string of the molecule is CCC(CC)C(=O)/C=C(\O)C(CC)CC.Cc1nc2c3cccnc3c3[c-]c4ccccc4cc3n2c1C.[Ir]. The number of aromatic nitrogens is 3. The molecule has 0 spiro atoms. The molecular formula is C33H38IrN3O2-. The summed E-state index contributed by atoms with van der Waals surface area (Å²) in [4.78, 5) is 21.1. The zero-order chi connectivity index (χ0) is 27.4. The standard InChI is InChI=1S/C20H14N3.C13H24O2.Ir/c1-12-13(2)23-18-11-15-7-4-3-6-14(15)10-17(18)19-16(20(23)22-12)8-5-9-21-19;1-5-10(6-2)12(14)9-13(15)11(7-3)8-4;/h3-9,11H,1-2H3;9-11,14H,5-8H2,1-4H3;/q-1;;/b;12-9-;. The van der Waals surface area contributed by atoms with Crippen molar-refractivity contribution in [3.63, 3.8) is 0 Å². The van der Waals surface area contributed by atoms with Crippen molar-refractivity contribution in [1.82, 2.24) is 14.4 Å². The average Bonchev–Trinajstić information content (AvgIpc) is 3.23. The Morgan fingerprint density at radius 3 is 2.33 bits per heavy atom. The van der Waals surface area contributed by atoms with Crippen molar-refractivity contribution in [3.05, 3.63) is 78.0 Å². The number of pyridine rings is 2. The van der Waals surface area contributed by atoms with Crippen molar-refractivity contribution in [2.45, 2.75) is 67.2 Å². The van der Waals surface area contributed by atoms with E-state index in [-0.39, 0.29) is 43.5 Å². The van der Waals surface area contributed by atoms with Gasteiger partial charge in [-0.1, -0.05) is 68.8 Å². The maximum absolute atomic E-state index is 11.7. The fraction of sp³-hybridized carbons (Fsp3) is 0.364. The van der Waals surface area contributed by atoms with Gasteiger partial charge in [0.05, 0.1) is 11.5 Å². The summed E-state index contributed by atoms with van der Waals surface area (Å²) >= 11 is 0. The summed E-state index contributed by atoms with van der Waals surface area (Å²) in [5.74, 6) is 0.547. The fourth-order valence-corrected chi connectivity index (χ4v) is 5.16. The Morgan fingerprint density at radius 1 is 1.00 bits per heavy atom. The summed E-state index contributed by atoms with van der Waals surface area (Å²) in [5, 5.41) is 14.2. The summed E-state index contributed by atoms with van der Waals surface area (Å²) in [6, 6.07) is 18.2. The minimum atomic E-state index is 0. The molecule has 1 N–H and O–H groups in total. The number of nitrogens with zero attached hydrogens (tertiary/aromatic N) is 3.